The summed E-state index contributed by atoms with van der Waals surface area (Å²) in [5.74, 6) is -1.93. The van der Waals surface area contributed by atoms with Gasteiger partial charge in [-0.15, -0.1) is 0 Å². The van der Waals surface area contributed by atoms with Gasteiger partial charge < -0.3 is 11.1 Å². The highest BCUT2D eigenvalue weighted by molar-refractivity contribution is 6.31. The minimum absolute atomic E-state index is 0.113. The molecule has 152 valence electrons. The van der Waals surface area contributed by atoms with E-state index in [9.17, 15) is 22.4 Å². The lowest BCUT2D eigenvalue weighted by atomic mass is 10.0. The molecule has 1 amide bonds. The van der Waals surface area contributed by atoms with Crippen molar-refractivity contribution in [3.05, 3.63) is 64.1 Å². The summed E-state index contributed by atoms with van der Waals surface area (Å²) in [6, 6.07) is 8.39. The van der Waals surface area contributed by atoms with E-state index in [4.69, 9.17) is 17.3 Å². The number of nitrogens with one attached hydrogen (secondary N) is 1. The van der Waals surface area contributed by atoms with Gasteiger partial charge in [-0.3, -0.25) is 9.48 Å². The third-order valence-corrected chi connectivity index (χ3v) is 4.66. The third kappa shape index (κ3) is 4.04. The molecular formula is C19H15ClF4N4O. The molecule has 2 aromatic carbocycles. The molecule has 0 saturated carbocycles. The fourth-order valence-electron chi connectivity index (χ4n) is 2.92. The van der Waals surface area contributed by atoms with Crippen LogP contribution in [0.15, 0.2) is 36.4 Å². The van der Waals surface area contributed by atoms with Gasteiger partial charge in [-0.25, -0.2) is 4.39 Å². The molecule has 0 atom stereocenters. The van der Waals surface area contributed by atoms with E-state index in [1.807, 2.05) is 0 Å². The lowest BCUT2D eigenvalue weighted by Gasteiger charge is -2.14. The molecule has 3 aromatic rings. The fraction of sp³-hybridized carbons (Fsp3) is 0.158. The first-order valence-electron chi connectivity index (χ1n) is 8.26. The Balaban J connectivity index is 2.21. The van der Waals surface area contributed by atoms with E-state index in [1.165, 1.54) is 13.1 Å². The number of nitrogens with zero attached hydrogens (tertiary/aromatic N) is 2. The molecule has 0 spiro atoms. The summed E-state index contributed by atoms with van der Waals surface area (Å²) in [5, 5.41) is 6.80. The number of primary amides is 1. The monoisotopic (exact) mass is 426 g/mol. The Morgan fingerprint density at radius 1 is 1.21 bits per heavy atom. The zero-order valence-corrected chi connectivity index (χ0v) is 16.0. The van der Waals surface area contributed by atoms with Crippen LogP contribution in [0, 0.1) is 12.7 Å². The van der Waals surface area contributed by atoms with E-state index in [-0.39, 0.29) is 16.9 Å². The van der Waals surface area contributed by atoms with Crippen LogP contribution in [0.1, 0.15) is 21.6 Å². The summed E-state index contributed by atoms with van der Waals surface area (Å²) in [7, 11) is 1.24. The molecule has 3 rings (SSSR count). The van der Waals surface area contributed by atoms with Crippen molar-refractivity contribution in [2.45, 2.75) is 13.1 Å². The molecule has 0 aliphatic rings. The zero-order chi connectivity index (χ0) is 21.5. The Bertz CT molecular complexity index is 1110. The van der Waals surface area contributed by atoms with Gasteiger partial charge in [0.05, 0.1) is 16.9 Å². The van der Waals surface area contributed by atoms with Crippen molar-refractivity contribution in [3.63, 3.8) is 0 Å². The number of aryl methyl sites for hydroxylation is 2. The summed E-state index contributed by atoms with van der Waals surface area (Å²) in [5.41, 5.74) is 4.36. The molecule has 0 aliphatic heterocycles. The smallest absolute Gasteiger partial charge is 0.365 e. The number of benzene rings is 2. The van der Waals surface area contributed by atoms with E-state index in [0.717, 1.165) is 22.4 Å². The molecule has 0 saturated heterocycles. The van der Waals surface area contributed by atoms with Crippen molar-refractivity contribution in [3.8, 4) is 11.3 Å². The van der Waals surface area contributed by atoms with Crippen molar-refractivity contribution in [1.29, 1.82) is 0 Å². The highest BCUT2D eigenvalue weighted by Gasteiger charge is 2.41. The van der Waals surface area contributed by atoms with Crippen LogP contribution in [-0.2, 0) is 13.2 Å². The topological polar surface area (TPSA) is 72.9 Å². The molecule has 29 heavy (non-hydrogen) atoms. The Morgan fingerprint density at radius 3 is 2.48 bits per heavy atom. The van der Waals surface area contributed by atoms with Gasteiger partial charge in [0, 0.05) is 23.3 Å². The number of carbonyl (C=O) groups excluding carboxylic acids is 1. The zero-order valence-electron chi connectivity index (χ0n) is 15.2. The van der Waals surface area contributed by atoms with E-state index in [0.29, 0.717) is 10.7 Å². The minimum Gasteiger partial charge on any atom is -0.365 e. The molecule has 0 unspecified atom stereocenters. The van der Waals surface area contributed by atoms with Crippen LogP contribution in [0.25, 0.3) is 11.3 Å². The molecule has 1 heterocycles. The van der Waals surface area contributed by atoms with Crippen LogP contribution in [0.2, 0.25) is 5.02 Å². The maximum absolute atomic E-state index is 13.9. The number of aromatic nitrogens is 2. The molecule has 0 aliphatic carbocycles. The first kappa shape index (κ1) is 20.7. The number of nitrogens with two attached hydrogens (primary N) is 1. The van der Waals surface area contributed by atoms with Crippen molar-refractivity contribution in [2.75, 3.05) is 5.32 Å². The van der Waals surface area contributed by atoms with E-state index in [2.05, 4.69) is 10.4 Å². The molecule has 0 bridgehead atoms. The molecule has 0 fully saturated rings. The van der Waals surface area contributed by atoms with Crippen LogP contribution in [0.3, 0.4) is 0 Å². The fourth-order valence-corrected chi connectivity index (χ4v) is 3.10. The highest BCUT2D eigenvalue weighted by Crippen LogP contribution is 2.39. The summed E-state index contributed by atoms with van der Waals surface area (Å²) in [6.45, 7) is 1.80. The van der Waals surface area contributed by atoms with Gasteiger partial charge in [-0.2, -0.15) is 18.3 Å². The minimum atomic E-state index is -4.89. The van der Waals surface area contributed by atoms with Crippen LogP contribution in [0.5, 0.6) is 0 Å². The average molecular weight is 427 g/mol. The molecular weight excluding hydrogens is 412 g/mol. The Hall–Kier alpha value is -3.07. The number of anilines is 2. The SMILES string of the molecule is Cc1ccc(Nc2cc(F)ccc2-c2c(C(N)=O)c(C(F)(F)F)nn2C)cc1Cl. The van der Waals surface area contributed by atoms with E-state index >= 15 is 0 Å². The van der Waals surface area contributed by atoms with Gasteiger partial charge in [0.15, 0.2) is 5.69 Å². The van der Waals surface area contributed by atoms with Crippen molar-refractivity contribution in [1.82, 2.24) is 9.78 Å². The molecule has 0 radical (unpaired) electrons. The van der Waals surface area contributed by atoms with Crippen molar-refractivity contribution in [2.24, 2.45) is 12.8 Å². The van der Waals surface area contributed by atoms with Crippen LogP contribution < -0.4 is 11.1 Å². The number of rotatable bonds is 4. The number of hydrogen-bond donors (Lipinski definition) is 2. The van der Waals surface area contributed by atoms with Crippen LogP contribution >= 0.6 is 11.6 Å². The second-order valence-electron chi connectivity index (χ2n) is 6.34. The third-order valence-electron chi connectivity index (χ3n) is 4.25. The van der Waals surface area contributed by atoms with Gasteiger partial charge in [0.25, 0.3) is 5.91 Å². The van der Waals surface area contributed by atoms with E-state index < -0.39 is 29.2 Å². The number of amides is 1. The Kier molecular flexibility index (Phi) is 5.27. The second-order valence-corrected chi connectivity index (χ2v) is 6.74. The molecule has 10 heteroatoms. The summed E-state index contributed by atoms with van der Waals surface area (Å²) in [6.07, 6.45) is -4.89. The quantitative estimate of drug-likeness (QED) is 0.573. The van der Waals surface area contributed by atoms with E-state index in [1.54, 1.807) is 25.1 Å². The molecule has 1 aromatic heterocycles. The van der Waals surface area contributed by atoms with Gasteiger partial charge in [-0.1, -0.05) is 17.7 Å². The van der Waals surface area contributed by atoms with Crippen molar-refractivity contribution >= 4 is 28.9 Å². The van der Waals surface area contributed by atoms with Gasteiger partial charge in [0.1, 0.15) is 5.82 Å². The first-order valence-corrected chi connectivity index (χ1v) is 8.64. The van der Waals surface area contributed by atoms with Crippen LogP contribution in [-0.4, -0.2) is 15.7 Å². The number of halogens is 5. The summed E-state index contributed by atoms with van der Waals surface area (Å²) >= 11 is 6.10. The largest absolute Gasteiger partial charge is 0.435 e. The summed E-state index contributed by atoms with van der Waals surface area (Å²) < 4.78 is 54.8. The second kappa shape index (κ2) is 7.40. The highest BCUT2D eigenvalue weighted by atomic mass is 35.5. The average Bonchev–Trinajstić information content (AvgIpc) is 2.96. The molecule has 3 N–H and O–H groups in total. The van der Waals surface area contributed by atoms with Gasteiger partial charge >= 0.3 is 6.18 Å². The normalized spacial score (nSPS) is 11.6. The molecule has 5 nitrogen and oxygen atoms in total. The van der Waals surface area contributed by atoms with Crippen molar-refractivity contribution < 1.29 is 22.4 Å². The van der Waals surface area contributed by atoms with Gasteiger partial charge in [-0.05, 0) is 42.8 Å². The first-order chi connectivity index (χ1) is 13.5. The predicted octanol–water partition coefficient (Wildman–Crippen LogP) is 5.05. The Labute approximate surface area is 168 Å². The van der Waals surface area contributed by atoms with Crippen LogP contribution in [0.4, 0.5) is 28.9 Å². The number of hydrogen-bond acceptors (Lipinski definition) is 3. The Morgan fingerprint density at radius 2 is 1.90 bits per heavy atom. The van der Waals surface area contributed by atoms with Gasteiger partial charge in [0.2, 0.25) is 0 Å². The predicted molar refractivity (Wildman–Crippen MR) is 102 cm³/mol. The summed E-state index contributed by atoms with van der Waals surface area (Å²) in [4.78, 5) is 11.9. The standard InChI is InChI=1S/C19H15ClF4N4O/c1-9-3-5-11(8-13(9)20)26-14-7-10(21)4-6-12(14)16-15(18(25)29)17(19(22,23)24)27-28(16)2/h3-8,26H,1-2H3,(H2,25,29). The lowest BCUT2D eigenvalue weighted by molar-refractivity contribution is -0.141. The lowest BCUT2D eigenvalue weighted by Crippen LogP contribution is -2.18. The maximum Gasteiger partial charge on any atom is 0.435 e. The number of alkyl halides is 3. The maximum atomic E-state index is 13.9. The number of carbonyl (C=O) groups is 1.